The first kappa shape index (κ1) is 11.2. The molecule has 0 spiro atoms. The minimum atomic E-state index is -0.224. The highest BCUT2D eigenvalue weighted by atomic mass is 32.1. The van der Waals surface area contributed by atoms with Crippen LogP contribution >= 0.6 is 11.3 Å². The number of nitrogens with one attached hydrogen (secondary N) is 1. The van der Waals surface area contributed by atoms with Crippen molar-refractivity contribution < 1.29 is 9.53 Å². The first-order valence-corrected chi connectivity index (χ1v) is 5.64. The molecule has 4 heteroatoms. The van der Waals surface area contributed by atoms with Crippen molar-refractivity contribution >= 4 is 17.3 Å². The normalized spacial score (nSPS) is 10.1. The number of carbonyl (C=O) groups excluding carboxylic acids is 1. The van der Waals surface area contributed by atoms with Crippen LogP contribution in [0.3, 0.4) is 0 Å². The third-order valence-corrected chi connectivity index (χ3v) is 2.51. The van der Waals surface area contributed by atoms with Crippen molar-refractivity contribution in [2.45, 2.75) is 13.3 Å². The summed E-state index contributed by atoms with van der Waals surface area (Å²) in [6.45, 7) is 4.24. The molecule has 0 amide bonds. The van der Waals surface area contributed by atoms with E-state index in [-0.39, 0.29) is 5.97 Å². The number of carbonyl (C=O) groups is 1. The molecule has 3 nitrogen and oxygen atoms in total. The first-order valence-electron chi connectivity index (χ1n) is 4.76. The summed E-state index contributed by atoms with van der Waals surface area (Å²) in [7, 11) is 0. The van der Waals surface area contributed by atoms with Crippen LogP contribution < -0.4 is 5.32 Å². The van der Waals surface area contributed by atoms with E-state index in [1.165, 1.54) is 11.3 Å². The predicted octanol–water partition coefficient (Wildman–Crippen LogP) is 1.90. The van der Waals surface area contributed by atoms with Crippen LogP contribution in [0.15, 0.2) is 17.5 Å². The van der Waals surface area contributed by atoms with Gasteiger partial charge in [-0.2, -0.15) is 0 Å². The zero-order valence-electron chi connectivity index (χ0n) is 8.29. The van der Waals surface area contributed by atoms with E-state index in [0.29, 0.717) is 11.5 Å². The van der Waals surface area contributed by atoms with Crippen molar-refractivity contribution in [1.29, 1.82) is 0 Å². The van der Waals surface area contributed by atoms with E-state index in [1.54, 1.807) is 6.07 Å². The smallest absolute Gasteiger partial charge is 0.348 e. The Balaban J connectivity index is 2.10. The largest absolute Gasteiger partial charge is 0.460 e. The maximum atomic E-state index is 11.3. The molecule has 1 rings (SSSR count). The summed E-state index contributed by atoms with van der Waals surface area (Å²) in [5.74, 6) is -0.224. The van der Waals surface area contributed by atoms with Crippen LogP contribution in [0.25, 0.3) is 0 Å². The van der Waals surface area contributed by atoms with Crippen molar-refractivity contribution in [3.8, 4) is 0 Å². The standard InChI is InChI=1S/C10H15NO2S/c1-2-5-11-6-7-13-10(12)9-4-3-8-14-9/h3-4,8,11H,2,5-7H2,1H3. The van der Waals surface area contributed by atoms with Gasteiger partial charge in [0.25, 0.3) is 0 Å². The molecule has 0 fully saturated rings. The zero-order chi connectivity index (χ0) is 10.2. The van der Waals surface area contributed by atoms with Crippen molar-refractivity contribution in [2.24, 2.45) is 0 Å². The van der Waals surface area contributed by atoms with Crippen molar-refractivity contribution in [3.05, 3.63) is 22.4 Å². The van der Waals surface area contributed by atoms with Gasteiger partial charge in [-0.3, -0.25) is 0 Å². The summed E-state index contributed by atoms with van der Waals surface area (Å²) in [4.78, 5) is 12.0. The molecular weight excluding hydrogens is 198 g/mol. The third kappa shape index (κ3) is 3.89. The number of hydrogen-bond donors (Lipinski definition) is 1. The van der Waals surface area contributed by atoms with E-state index in [0.717, 1.165) is 19.5 Å². The summed E-state index contributed by atoms with van der Waals surface area (Å²) < 4.78 is 5.04. The Morgan fingerprint density at radius 1 is 1.57 bits per heavy atom. The van der Waals surface area contributed by atoms with Crippen LogP contribution in [0.4, 0.5) is 0 Å². The van der Waals surface area contributed by atoms with Gasteiger partial charge in [0.05, 0.1) is 0 Å². The van der Waals surface area contributed by atoms with E-state index < -0.39 is 0 Å². The first-order chi connectivity index (χ1) is 6.84. The van der Waals surface area contributed by atoms with Crippen LogP contribution in [-0.2, 0) is 4.74 Å². The van der Waals surface area contributed by atoms with Crippen LogP contribution in [0.5, 0.6) is 0 Å². The average molecular weight is 213 g/mol. The molecule has 1 aromatic rings. The molecule has 0 saturated carbocycles. The van der Waals surface area contributed by atoms with Gasteiger partial charge in [-0.05, 0) is 24.4 Å². The van der Waals surface area contributed by atoms with Crippen LogP contribution in [0.1, 0.15) is 23.0 Å². The fourth-order valence-corrected chi connectivity index (χ4v) is 1.60. The lowest BCUT2D eigenvalue weighted by molar-refractivity contribution is 0.0514. The third-order valence-electron chi connectivity index (χ3n) is 1.66. The molecule has 0 unspecified atom stereocenters. The van der Waals surface area contributed by atoms with Crippen LogP contribution in [0.2, 0.25) is 0 Å². The minimum absolute atomic E-state index is 0.224. The Labute approximate surface area is 88.1 Å². The highest BCUT2D eigenvalue weighted by Gasteiger charge is 2.06. The Kier molecular flexibility index (Phi) is 5.25. The molecule has 0 aliphatic heterocycles. The molecule has 1 heterocycles. The van der Waals surface area contributed by atoms with Gasteiger partial charge in [-0.1, -0.05) is 13.0 Å². The van der Waals surface area contributed by atoms with E-state index >= 15 is 0 Å². The lowest BCUT2D eigenvalue weighted by Crippen LogP contribution is -2.21. The number of ether oxygens (including phenoxy) is 1. The Morgan fingerprint density at radius 2 is 2.43 bits per heavy atom. The van der Waals surface area contributed by atoms with Gasteiger partial charge < -0.3 is 10.1 Å². The van der Waals surface area contributed by atoms with Gasteiger partial charge in [-0.25, -0.2) is 4.79 Å². The second-order valence-electron chi connectivity index (χ2n) is 2.86. The second kappa shape index (κ2) is 6.56. The molecule has 0 aliphatic rings. The van der Waals surface area contributed by atoms with Gasteiger partial charge in [0.1, 0.15) is 11.5 Å². The maximum Gasteiger partial charge on any atom is 0.348 e. The van der Waals surface area contributed by atoms with E-state index in [9.17, 15) is 4.79 Å². The Morgan fingerprint density at radius 3 is 3.07 bits per heavy atom. The molecule has 78 valence electrons. The SMILES string of the molecule is CCCNCCOC(=O)c1cccs1. The second-order valence-corrected chi connectivity index (χ2v) is 3.81. The average Bonchev–Trinajstić information content (AvgIpc) is 2.70. The van der Waals surface area contributed by atoms with Gasteiger partial charge in [-0.15, -0.1) is 11.3 Å². The van der Waals surface area contributed by atoms with Crippen molar-refractivity contribution in [3.63, 3.8) is 0 Å². The molecule has 0 radical (unpaired) electrons. The van der Waals surface area contributed by atoms with E-state index in [4.69, 9.17) is 4.74 Å². The van der Waals surface area contributed by atoms with Crippen molar-refractivity contribution in [2.75, 3.05) is 19.7 Å². The summed E-state index contributed by atoms with van der Waals surface area (Å²) in [5.41, 5.74) is 0. The maximum absolute atomic E-state index is 11.3. The summed E-state index contributed by atoms with van der Waals surface area (Å²) in [5, 5.41) is 5.03. The number of hydrogen-bond acceptors (Lipinski definition) is 4. The molecule has 1 aromatic heterocycles. The monoisotopic (exact) mass is 213 g/mol. The van der Waals surface area contributed by atoms with Gasteiger partial charge in [0, 0.05) is 6.54 Å². The van der Waals surface area contributed by atoms with Gasteiger partial charge >= 0.3 is 5.97 Å². The highest BCUT2D eigenvalue weighted by Crippen LogP contribution is 2.09. The molecule has 0 aliphatic carbocycles. The number of esters is 1. The Hall–Kier alpha value is -0.870. The quantitative estimate of drug-likeness (QED) is 0.579. The lowest BCUT2D eigenvalue weighted by atomic mass is 10.4. The molecule has 0 saturated heterocycles. The van der Waals surface area contributed by atoms with Crippen LogP contribution in [-0.4, -0.2) is 25.7 Å². The summed E-state index contributed by atoms with van der Waals surface area (Å²) in [6.07, 6.45) is 1.10. The van der Waals surface area contributed by atoms with Gasteiger partial charge in [0.2, 0.25) is 0 Å². The summed E-state index contributed by atoms with van der Waals surface area (Å²) >= 11 is 1.40. The molecule has 0 aromatic carbocycles. The van der Waals surface area contributed by atoms with Gasteiger partial charge in [0.15, 0.2) is 0 Å². The molecule has 0 atom stereocenters. The molecule has 14 heavy (non-hydrogen) atoms. The highest BCUT2D eigenvalue weighted by molar-refractivity contribution is 7.11. The predicted molar refractivity (Wildman–Crippen MR) is 57.8 cm³/mol. The summed E-state index contributed by atoms with van der Waals surface area (Å²) in [6, 6.07) is 3.61. The zero-order valence-corrected chi connectivity index (χ0v) is 9.10. The molecular formula is C10H15NO2S. The lowest BCUT2D eigenvalue weighted by Gasteiger charge is -2.03. The van der Waals surface area contributed by atoms with E-state index in [1.807, 2.05) is 11.4 Å². The minimum Gasteiger partial charge on any atom is -0.460 e. The topological polar surface area (TPSA) is 38.3 Å². The fraction of sp³-hybridized carbons (Fsp3) is 0.500. The van der Waals surface area contributed by atoms with Crippen LogP contribution in [0, 0.1) is 0 Å². The molecule has 1 N–H and O–H groups in total. The number of rotatable bonds is 6. The Bertz CT molecular complexity index is 259. The van der Waals surface area contributed by atoms with E-state index in [2.05, 4.69) is 12.2 Å². The fourth-order valence-electron chi connectivity index (χ4n) is 0.984. The van der Waals surface area contributed by atoms with Crippen molar-refractivity contribution in [1.82, 2.24) is 5.32 Å². The molecule has 0 bridgehead atoms. The number of thiophene rings is 1.